The van der Waals surface area contributed by atoms with Crippen molar-refractivity contribution in [2.24, 2.45) is 0 Å². The number of methoxy groups -OCH3 is 1. The standard InChI is InChI=1S/C24H37F5O7/c1-30-9-10-33-13-14-35-17-18-36-16-15-34-12-11-32-7-4-2-3-6-31-8-5-19-20(25)22(27)24(29)23(28)21(19)26/h2-18H2,1H3. The number of halogens is 5. The van der Waals surface area contributed by atoms with Gasteiger partial charge < -0.3 is 33.2 Å². The molecule has 0 amide bonds. The van der Waals surface area contributed by atoms with Gasteiger partial charge in [0.05, 0.1) is 72.7 Å². The van der Waals surface area contributed by atoms with Crippen LogP contribution in [0.3, 0.4) is 0 Å². The van der Waals surface area contributed by atoms with E-state index in [0.717, 1.165) is 12.8 Å². The fraction of sp³-hybridized carbons (Fsp3) is 0.750. The molecule has 0 spiro atoms. The summed E-state index contributed by atoms with van der Waals surface area (Å²) in [5, 5.41) is 0. The number of ether oxygens (including phenoxy) is 7. The van der Waals surface area contributed by atoms with Crippen LogP contribution in [-0.4, -0.2) is 93.0 Å². The Morgan fingerprint density at radius 3 is 1.14 bits per heavy atom. The summed E-state index contributed by atoms with van der Waals surface area (Å²) in [6.45, 7) is 5.71. The topological polar surface area (TPSA) is 64.6 Å². The van der Waals surface area contributed by atoms with Gasteiger partial charge in [-0.05, 0) is 19.3 Å². The van der Waals surface area contributed by atoms with Crippen molar-refractivity contribution in [1.82, 2.24) is 0 Å². The van der Waals surface area contributed by atoms with Crippen LogP contribution in [0, 0.1) is 29.1 Å². The van der Waals surface area contributed by atoms with Crippen LogP contribution >= 0.6 is 0 Å². The molecule has 0 saturated heterocycles. The lowest BCUT2D eigenvalue weighted by molar-refractivity contribution is -0.0148. The lowest BCUT2D eigenvalue weighted by Gasteiger charge is -2.09. The van der Waals surface area contributed by atoms with Crippen LogP contribution in [-0.2, 0) is 39.6 Å². The molecule has 1 aromatic carbocycles. The average molecular weight is 533 g/mol. The molecule has 12 heteroatoms. The molecule has 0 aliphatic rings. The van der Waals surface area contributed by atoms with E-state index in [1.54, 1.807) is 7.11 Å². The van der Waals surface area contributed by atoms with Gasteiger partial charge in [0.25, 0.3) is 0 Å². The maximum Gasteiger partial charge on any atom is 0.200 e. The Hall–Kier alpha value is -1.41. The van der Waals surface area contributed by atoms with Crippen LogP contribution in [0.2, 0.25) is 0 Å². The highest BCUT2D eigenvalue weighted by atomic mass is 19.2. The van der Waals surface area contributed by atoms with Gasteiger partial charge in [0.1, 0.15) is 0 Å². The Morgan fingerprint density at radius 2 is 0.722 bits per heavy atom. The molecule has 0 atom stereocenters. The average Bonchev–Trinajstić information content (AvgIpc) is 2.88. The van der Waals surface area contributed by atoms with E-state index in [1.165, 1.54) is 0 Å². The second-order valence-corrected chi connectivity index (χ2v) is 7.53. The quantitative estimate of drug-likeness (QED) is 0.0868. The van der Waals surface area contributed by atoms with Crippen molar-refractivity contribution in [3.8, 4) is 0 Å². The van der Waals surface area contributed by atoms with E-state index >= 15 is 0 Å². The molecule has 0 fully saturated rings. The maximum atomic E-state index is 13.6. The Balaban J connectivity index is 1.83. The fourth-order valence-corrected chi connectivity index (χ4v) is 2.86. The Morgan fingerprint density at radius 1 is 0.389 bits per heavy atom. The highest BCUT2D eigenvalue weighted by Gasteiger charge is 2.25. The lowest BCUT2D eigenvalue weighted by Crippen LogP contribution is -2.14. The predicted molar refractivity (Wildman–Crippen MR) is 121 cm³/mol. The van der Waals surface area contributed by atoms with E-state index in [9.17, 15) is 22.0 Å². The summed E-state index contributed by atoms with van der Waals surface area (Å²) in [6.07, 6.45) is 1.87. The van der Waals surface area contributed by atoms with Gasteiger partial charge in [-0.1, -0.05) is 0 Å². The minimum absolute atomic E-state index is 0.146. The van der Waals surface area contributed by atoms with Gasteiger partial charge in [0.2, 0.25) is 5.82 Å². The molecule has 0 saturated carbocycles. The van der Waals surface area contributed by atoms with Crippen molar-refractivity contribution in [2.45, 2.75) is 25.7 Å². The molecule has 0 aliphatic carbocycles. The third kappa shape index (κ3) is 14.4. The zero-order chi connectivity index (χ0) is 26.4. The first-order chi connectivity index (χ1) is 17.5. The fourth-order valence-electron chi connectivity index (χ4n) is 2.86. The molecule has 0 N–H and O–H groups in total. The van der Waals surface area contributed by atoms with E-state index in [4.69, 9.17) is 33.2 Å². The van der Waals surface area contributed by atoms with Gasteiger partial charge in [-0.15, -0.1) is 0 Å². The smallest absolute Gasteiger partial charge is 0.200 e. The molecule has 0 unspecified atom stereocenters. The Bertz CT molecular complexity index is 668. The molecular weight excluding hydrogens is 495 g/mol. The first-order valence-electron chi connectivity index (χ1n) is 12.0. The molecule has 0 radical (unpaired) electrons. The van der Waals surface area contributed by atoms with E-state index in [2.05, 4.69) is 0 Å². The van der Waals surface area contributed by atoms with Crippen molar-refractivity contribution in [1.29, 1.82) is 0 Å². The summed E-state index contributed by atoms with van der Waals surface area (Å²) in [5.41, 5.74) is -0.863. The van der Waals surface area contributed by atoms with Gasteiger partial charge >= 0.3 is 0 Å². The molecule has 7 nitrogen and oxygen atoms in total. The molecule has 1 aromatic rings. The molecule has 0 aliphatic heterocycles. The maximum absolute atomic E-state index is 13.6. The van der Waals surface area contributed by atoms with Crippen LogP contribution in [0.5, 0.6) is 0 Å². The molecule has 36 heavy (non-hydrogen) atoms. The molecule has 0 bridgehead atoms. The second kappa shape index (κ2) is 21.7. The molecule has 1 rings (SSSR count). The van der Waals surface area contributed by atoms with Crippen molar-refractivity contribution < 1.29 is 55.1 Å². The SMILES string of the molecule is COCCOCCOCCOCCOCCOCCCCCOCCc1c(F)c(F)c(F)c(F)c1F. The number of hydrogen-bond donors (Lipinski definition) is 0. The van der Waals surface area contributed by atoms with E-state index < -0.39 is 41.1 Å². The minimum Gasteiger partial charge on any atom is -0.382 e. The lowest BCUT2D eigenvalue weighted by atomic mass is 10.1. The van der Waals surface area contributed by atoms with Gasteiger partial charge in [0.15, 0.2) is 23.3 Å². The number of hydrogen-bond acceptors (Lipinski definition) is 7. The van der Waals surface area contributed by atoms with Crippen molar-refractivity contribution >= 4 is 0 Å². The predicted octanol–water partition coefficient (Wildman–Crippen LogP) is 3.84. The van der Waals surface area contributed by atoms with Crippen molar-refractivity contribution in [3.05, 3.63) is 34.6 Å². The van der Waals surface area contributed by atoms with Crippen molar-refractivity contribution in [3.63, 3.8) is 0 Å². The minimum atomic E-state index is -2.16. The summed E-state index contributed by atoms with van der Waals surface area (Å²) >= 11 is 0. The van der Waals surface area contributed by atoms with Crippen LogP contribution in [0.25, 0.3) is 0 Å². The first kappa shape index (κ1) is 32.6. The number of unbranched alkanes of at least 4 members (excludes halogenated alkanes) is 2. The summed E-state index contributed by atoms with van der Waals surface area (Å²) in [6, 6.07) is 0. The second-order valence-electron chi connectivity index (χ2n) is 7.53. The van der Waals surface area contributed by atoms with Gasteiger partial charge in [-0.3, -0.25) is 0 Å². The normalized spacial score (nSPS) is 11.5. The van der Waals surface area contributed by atoms with Crippen LogP contribution < -0.4 is 0 Å². The summed E-state index contributed by atoms with van der Waals surface area (Å²) < 4.78 is 103. The van der Waals surface area contributed by atoms with Crippen molar-refractivity contribution in [2.75, 3.05) is 93.0 Å². The zero-order valence-electron chi connectivity index (χ0n) is 20.8. The van der Waals surface area contributed by atoms with Crippen LogP contribution in [0.4, 0.5) is 22.0 Å². The zero-order valence-corrected chi connectivity index (χ0v) is 20.8. The van der Waals surface area contributed by atoms with E-state index in [1.807, 2.05) is 0 Å². The monoisotopic (exact) mass is 532 g/mol. The first-order valence-corrected chi connectivity index (χ1v) is 12.0. The molecular formula is C24H37F5O7. The van der Waals surface area contributed by atoms with Crippen LogP contribution in [0.15, 0.2) is 0 Å². The van der Waals surface area contributed by atoms with Crippen LogP contribution in [0.1, 0.15) is 24.8 Å². The van der Waals surface area contributed by atoms with Gasteiger partial charge in [-0.25, -0.2) is 22.0 Å². The largest absolute Gasteiger partial charge is 0.382 e. The summed E-state index contributed by atoms with van der Waals surface area (Å²) in [4.78, 5) is 0. The highest BCUT2D eigenvalue weighted by Crippen LogP contribution is 2.23. The van der Waals surface area contributed by atoms with Gasteiger partial charge in [0, 0.05) is 32.3 Å². The summed E-state index contributed by atoms with van der Waals surface area (Å²) in [5.74, 6) is -9.68. The van der Waals surface area contributed by atoms with E-state index in [0.29, 0.717) is 85.7 Å². The molecule has 0 heterocycles. The number of rotatable bonds is 24. The van der Waals surface area contributed by atoms with E-state index in [-0.39, 0.29) is 6.61 Å². The van der Waals surface area contributed by atoms with Gasteiger partial charge in [-0.2, -0.15) is 0 Å². The Kier molecular flexibility index (Phi) is 19.6. The molecule has 210 valence electrons. The molecule has 0 aromatic heterocycles. The number of benzene rings is 1. The third-order valence-electron chi connectivity index (χ3n) is 4.79. The summed E-state index contributed by atoms with van der Waals surface area (Å²) in [7, 11) is 1.62. The highest BCUT2D eigenvalue weighted by molar-refractivity contribution is 5.24. The Labute approximate surface area is 209 Å². The third-order valence-corrected chi connectivity index (χ3v) is 4.79.